The Kier molecular flexibility index (Phi) is 15.3. The van der Waals surface area contributed by atoms with Gasteiger partial charge in [-0.3, -0.25) is 4.79 Å². The molecule has 0 aliphatic carbocycles. The fraction of sp³-hybridized carbons (Fsp3) is 0.613. The highest BCUT2D eigenvalue weighted by Gasteiger charge is 2.23. The summed E-state index contributed by atoms with van der Waals surface area (Å²) in [4.78, 5) is 14.4. The van der Waals surface area contributed by atoms with Crippen molar-refractivity contribution >= 4 is 11.6 Å². The summed E-state index contributed by atoms with van der Waals surface area (Å²) in [6.45, 7) is 11.8. The molecule has 2 aromatic rings. The van der Waals surface area contributed by atoms with E-state index in [0.717, 1.165) is 35.7 Å². The summed E-state index contributed by atoms with van der Waals surface area (Å²) in [5.74, 6) is 0.971. The van der Waals surface area contributed by atoms with E-state index in [0.29, 0.717) is 6.54 Å². The molecule has 0 aliphatic rings. The number of aromatic nitrogens is 1. The van der Waals surface area contributed by atoms with Gasteiger partial charge in [0.05, 0.1) is 6.61 Å². The lowest BCUT2D eigenvalue weighted by atomic mass is 9.86. The van der Waals surface area contributed by atoms with Gasteiger partial charge in [-0.25, -0.2) is 4.57 Å². The number of carbonyl (C=O) groups is 1. The maximum absolute atomic E-state index is 12.6. The standard InChI is InChI=1S/C31H49N2O2.HI/c1-7-8-9-10-11-12-13-14-15-18-23-35-30-21-20-27(24-29(30)31(3,4)5)33(26(2)34)25-28-19-16-17-22-32(28)6;/h16-17,19-22,24H,7-15,18,23,25H2,1-6H3;1H/q+1;/p-1. The van der Waals surface area contributed by atoms with Crippen LogP contribution in [-0.2, 0) is 23.8 Å². The van der Waals surface area contributed by atoms with Crippen molar-refractivity contribution in [1.29, 1.82) is 0 Å². The quantitative estimate of drug-likeness (QED) is 0.168. The number of amides is 1. The molecule has 202 valence electrons. The number of nitrogens with zero attached hydrogens (tertiary/aromatic N) is 2. The van der Waals surface area contributed by atoms with Gasteiger partial charge in [0.1, 0.15) is 19.3 Å². The van der Waals surface area contributed by atoms with Crippen LogP contribution in [0.4, 0.5) is 5.69 Å². The summed E-state index contributed by atoms with van der Waals surface area (Å²) in [6.07, 6.45) is 15.2. The Bertz CT molecular complexity index is 908. The van der Waals surface area contributed by atoms with Crippen molar-refractivity contribution < 1.29 is 38.1 Å². The van der Waals surface area contributed by atoms with Crippen LogP contribution < -0.4 is 38.2 Å². The SMILES string of the molecule is CCCCCCCCCCCCOc1ccc(N(Cc2cccc[n+]2C)C(C)=O)cc1C(C)(C)C.[I-]. The minimum atomic E-state index is -0.0804. The number of pyridine rings is 1. The fourth-order valence-electron chi connectivity index (χ4n) is 4.44. The van der Waals surface area contributed by atoms with Gasteiger partial charge in [0, 0.05) is 30.3 Å². The minimum Gasteiger partial charge on any atom is -1.00 e. The second kappa shape index (κ2) is 17.0. The molecule has 1 aromatic heterocycles. The molecule has 2 rings (SSSR count). The van der Waals surface area contributed by atoms with Crippen LogP contribution in [0.5, 0.6) is 5.75 Å². The first-order valence-corrected chi connectivity index (χ1v) is 13.7. The Morgan fingerprint density at radius 3 is 2.08 bits per heavy atom. The van der Waals surface area contributed by atoms with E-state index in [-0.39, 0.29) is 35.3 Å². The van der Waals surface area contributed by atoms with Crippen LogP contribution in [0.3, 0.4) is 0 Å². The number of unbranched alkanes of at least 4 members (excludes halogenated alkanes) is 9. The molecular formula is C31H49IN2O2. The van der Waals surface area contributed by atoms with Gasteiger partial charge in [0.25, 0.3) is 0 Å². The lowest BCUT2D eigenvalue weighted by molar-refractivity contribution is -0.679. The van der Waals surface area contributed by atoms with Crippen molar-refractivity contribution in [1.82, 2.24) is 0 Å². The summed E-state index contributed by atoms with van der Waals surface area (Å²) in [5, 5.41) is 0. The predicted octanol–water partition coefficient (Wildman–Crippen LogP) is 4.67. The van der Waals surface area contributed by atoms with Crippen LogP contribution in [-0.4, -0.2) is 12.5 Å². The topological polar surface area (TPSA) is 33.4 Å². The Hall–Kier alpha value is -1.63. The highest BCUT2D eigenvalue weighted by molar-refractivity contribution is 5.91. The normalized spacial score (nSPS) is 11.2. The van der Waals surface area contributed by atoms with Gasteiger partial charge in [-0.05, 0) is 30.0 Å². The molecule has 1 aromatic carbocycles. The Labute approximate surface area is 237 Å². The molecule has 0 bridgehead atoms. The maximum Gasteiger partial charge on any atom is 0.224 e. The van der Waals surface area contributed by atoms with Crippen molar-refractivity contribution in [3.8, 4) is 5.75 Å². The number of ether oxygens (including phenoxy) is 1. The molecular weight excluding hydrogens is 559 g/mol. The molecule has 1 amide bonds. The lowest BCUT2D eigenvalue weighted by Gasteiger charge is -2.27. The van der Waals surface area contributed by atoms with Gasteiger partial charge in [-0.15, -0.1) is 0 Å². The van der Waals surface area contributed by atoms with Crippen LogP contribution in [0.1, 0.15) is 110 Å². The van der Waals surface area contributed by atoms with Crippen LogP contribution in [0.15, 0.2) is 42.6 Å². The first kappa shape index (κ1) is 32.4. The van der Waals surface area contributed by atoms with E-state index < -0.39 is 0 Å². The summed E-state index contributed by atoms with van der Waals surface area (Å²) >= 11 is 0. The molecule has 0 N–H and O–H groups in total. The summed E-state index contributed by atoms with van der Waals surface area (Å²) in [7, 11) is 2.01. The zero-order chi connectivity index (χ0) is 25.7. The van der Waals surface area contributed by atoms with Crippen molar-refractivity contribution in [2.75, 3.05) is 11.5 Å². The van der Waals surface area contributed by atoms with Crippen LogP contribution in [0.2, 0.25) is 0 Å². The highest BCUT2D eigenvalue weighted by Crippen LogP contribution is 2.35. The zero-order valence-electron chi connectivity index (χ0n) is 23.6. The Morgan fingerprint density at radius 2 is 1.53 bits per heavy atom. The number of hydrogen-bond acceptors (Lipinski definition) is 2. The van der Waals surface area contributed by atoms with Crippen LogP contribution in [0.25, 0.3) is 0 Å². The van der Waals surface area contributed by atoms with Gasteiger partial charge in [-0.1, -0.05) is 91.5 Å². The summed E-state index contributed by atoms with van der Waals surface area (Å²) in [6, 6.07) is 12.3. The Morgan fingerprint density at radius 1 is 0.917 bits per heavy atom. The van der Waals surface area contributed by atoms with Crippen LogP contribution in [0, 0.1) is 0 Å². The molecule has 5 heteroatoms. The molecule has 1 heterocycles. The summed E-state index contributed by atoms with van der Waals surface area (Å²) < 4.78 is 8.32. The van der Waals surface area contributed by atoms with E-state index in [9.17, 15) is 4.79 Å². The molecule has 4 nitrogen and oxygen atoms in total. The molecule has 0 radical (unpaired) electrons. The van der Waals surface area contributed by atoms with Gasteiger partial charge in [-0.2, -0.15) is 0 Å². The second-order valence-electron chi connectivity index (χ2n) is 10.9. The van der Waals surface area contributed by atoms with E-state index in [1.807, 2.05) is 42.4 Å². The first-order valence-electron chi connectivity index (χ1n) is 13.7. The monoisotopic (exact) mass is 608 g/mol. The van der Waals surface area contributed by atoms with Crippen molar-refractivity contribution in [3.05, 3.63) is 53.9 Å². The number of aryl methyl sites for hydroxylation is 1. The third-order valence-corrected chi connectivity index (χ3v) is 6.70. The van der Waals surface area contributed by atoms with E-state index in [4.69, 9.17) is 4.74 Å². The molecule has 0 aliphatic heterocycles. The molecule has 0 saturated carbocycles. The first-order chi connectivity index (χ1) is 16.7. The minimum absolute atomic E-state index is 0. The smallest absolute Gasteiger partial charge is 0.224 e. The zero-order valence-corrected chi connectivity index (χ0v) is 25.8. The van der Waals surface area contributed by atoms with Crippen molar-refractivity contribution in [2.24, 2.45) is 7.05 Å². The molecule has 0 spiro atoms. The van der Waals surface area contributed by atoms with E-state index in [2.05, 4.69) is 44.4 Å². The van der Waals surface area contributed by atoms with Gasteiger partial charge in [0.15, 0.2) is 6.20 Å². The largest absolute Gasteiger partial charge is 1.00 e. The van der Waals surface area contributed by atoms with E-state index in [1.165, 1.54) is 57.8 Å². The predicted molar refractivity (Wildman–Crippen MR) is 147 cm³/mol. The molecule has 0 saturated heterocycles. The van der Waals surface area contributed by atoms with E-state index in [1.54, 1.807) is 6.92 Å². The molecule has 0 atom stereocenters. The van der Waals surface area contributed by atoms with Crippen molar-refractivity contribution in [2.45, 2.75) is 111 Å². The average molecular weight is 609 g/mol. The average Bonchev–Trinajstić information content (AvgIpc) is 2.81. The number of benzene rings is 1. The number of carbonyl (C=O) groups excluding carboxylic acids is 1. The number of hydrogen-bond donors (Lipinski definition) is 0. The van der Waals surface area contributed by atoms with Gasteiger partial charge < -0.3 is 33.6 Å². The third-order valence-electron chi connectivity index (χ3n) is 6.70. The molecule has 0 unspecified atom stereocenters. The van der Waals surface area contributed by atoms with Crippen LogP contribution >= 0.6 is 0 Å². The molecule has 0 fully saturated rings. The lowest BCUT2D eigenvalue weighted by Crippen LogP contribution is -3.00. The second-order valence-corrected chi connectivity index (χ2v) is 10.9. The fourth-order valence-corrected chi connectivity index (χ4v) is 4.44. The number of rotatable bonds is 15. The maximum atomic E-state index is 12.6. The van der Waals surface area contributed by atoms with Crippen molar-refractivity contribution in [3.63, 3.8) is 0 Å². The number of halogens is 1. The number of anilines is 1. The molecule has 36 heavy (non-hydrogen) atoms. The summed E-state index contributed by atoms with van der Waals surface area (Å²) in [5.41, 5.74) is 3.06. The third kappa shape index (κ3) is 11.2. The van der Waals surface area contributed by atoms with Gasteiger partial charge >= 0.3 is 0 Å². The Balaban J connectivity index is 0.00000648. The highest BCUT2D eigenvalue weighted by atomic mass is 127. The van der Waals surface area contributed by atoms with E-state index >= 15 is 0 Å². The van der Waals surface area contributed by atoms with Gasteiger partial charge in [0.2, 0.25) is 11.6 Å².